The van der Waals surface area contributed by atoms with E-state index in [0.29, 0.717) is 12.5 Å². The molecule has 0 heterocycles. The first kappa shape index (κ1) is 13.8. The highest BCUT2D eigenvalue weighted by atomic mass is 35.5. The second kappa shape index (κ2) is 7.94. The van der Waals surface area contributed by atoms with E-state index in [4.69, 9.17) is 16.3 Å². The molecule has 0 atom stereocenters. The molecule has 1 fully saturated rings. The SMILES string of the molecule is CCCCCC1CCC(COC(=O)Cl)CC1. The maximum atomic E-state index is 10.5. The van der Waals surface area contributed by atoms with Crippen LogP contribution in [0.15, 0.2) is 0 Å². The van der Waals surface area contributed by atoms with Gasteiger partial charge in [0.05, 0.1) is 6.61 Å². The fraction of sp³-hybridized carbons (Fsp3) is 0.923. The molecule has 0 bridgehead atoms. The summed E-state index contributed by atoms with van der Waals surface area (Å²) in [5.74, 6) is 1.46. The van der Waals surface area contributed by atoms with Crippen molar-refractivity contribution in [2.24, 2.45) is 11.8 Å². The minimum absolute atomic E-state index is 0.518. The van der Waals surface area contributed by atoms with Gasteiger partial charge in [-0.2, -0.15) is 0 Å². The monoisotopic (exact) mass is 246 g/mol. The van der Waals surface area contributed by atoms with Crippen LogP contribution in [-0.2, 0) is 4.74 Å². The minimum Gasteiger partial charge on any atom is -0.453 e. The van der Waals surface area contributed by atoms with Crippen molar-refractivity contribution >= 4 is 17.0 Å². The molecule has 1 saturated carbocycles. The summed E-state index contributed by atoms with van der Waals surface area (Å²) in [6.45, 7) is 2.77. The van der Waals surface area contributed by atoms with Crippen LogP contribution in [-0.4, -0.2) is 12.0 Å². The summed E-state index contributed by atoms with van der Waals surface area (Å²) in [6, 6.07) is 0. The van der Waals surface area contributed by atoms with Gasteiger partial charge in [-0.3, -0.25) is 0 Å². The first-order chi connectivity index (χ1) is 7.72. The van der Waals surface area contributed by atoms with Crippen molar-refractivity contribution in [3.05, 3.63) is 0 Å². The molecule has 1 aliphatic rings. The Morgan fingerprint density at radius 3 is 2.38 bits per heavy atom. The summed E-state index contributed by atoms with van der Waals surface area (Å²) in [5.41, 5.74) is -0.662. The van der Waals surface area contributed by atoms with Crippen LogP contribution >= 0.6 is 11.6 Å². The molecule has 16 heavy (non-hydrogen) atoms. The van der Waals surface area contributed by atoms with Gasteiger partial charge in [0.15, 0.2) is 0 Å². The maximum absolute atomic E-state index is 10.5. The van der Waals surface area contributed by atoms with E-state index < -0.39 is 5.43 Å². The first-order valence-electron chi connectivity index (χ1n) is 6.54. The fourth-order valence-electron chi connectivity index (χ4n) is 2.55. The molecule has 0 unspecified atom stereocenters. The Morgan fingerprint density at radius 2 is 1.81 bits per heavy atom. The largest absolute Gasteiger partial charge is 0.453 e. The van der Waals surface area contributed by atoms with Gasteiger partial charge in [-0.15, -0.1) is 0 Å². The quantitative estimate of drug-likeness (QED) is 0.499. The second-order valence-electron chi connectivity index (χ2n) is 4.93. The molecule has 0 aromatic heterocycles. The molecule has 0 aromatic rings. The molecule has 0 N–H and O–H groups in total. The Kier molecular flexibility index (Phi) is 6.86. The molecule has 1 aliphatic carbocycles. The second-order valence-corrected chi connectivity index (χ2v) is 5.24. The number of carbonyl (C=O) groups is 1. The van der Waals surface area contributed by atoms with Crippen molar-refractivity contribution in [2.75, 3.05) is 6.61 Å². The highest BCUT2D eigenvalue weighted by Crippen LogP contribution is 2.32. The normalized spacial score (nSPS) is 25.4. The Bertz CT molecular complexity index is 198. The number of rotatable bonds is 6. The smallest absolute Gasteiger partial charge is 0.403 e. The van der Waals surface area contributed by atoms with Gasteiger partial charge in [0, 0.05) is 11.6 Å². The van der Waals surface area contributed by atoms with Crippen molar-refractivity contribution in [2.45, 2.75) is 58.3 Å². The van der Waals surface area contributed by atoms with E-state index in [9.17, 15) is 4.79 Å². The maximum Gasteiger partial charge on any atom is 0.403 e. The topological polar surface area (TPSA) is 26.3 Å². The lowest BCUT2D eigenvalue weighted by Gasteiger charge is -2.27. The third-order valence-electron chi connectivity index (χ3n) is 3.61. The van der Waals surface area contributed by atoms with E-state index in [0.717, 1.165) is 5.92 Å². The number of hydrogen-bond acceptors (Lipinski definition) is 2. The Labute approximate surface area is 104 Å². The van der Waals surface area contributed by atoms with Crippen LogP contribution in [0.1, 0.15) is 58.3 Å². The van der Waals surface area contributed by atoms with Gasteiger partial charge in [-0.05, 0) is 24.7 Å². The van der Waals surface area contributed by atoms with Gasteiger partial charge in [0.25, 0.3) is 0 Å². The first-order valence-corrected chi connectivity index (χ1v) is 6.92. The van der Waals surface area contributed by atoms with Crippen molar-refractivity contribution in [3.63, 3.8) is 0 Å². The Morgan fingerprint density at radius 1 is 1.19 bits per heavy atom. The van der Waals surface area contributed by atoms with Gasteiger partial charge in [-0.1, -0.05) is 45.4 Å². The zero-order valence-electron chi connectivity index (χ0n) is 10.2. The lowest BCUT2D eigenvalue weighted by Crippen LogP contribution is -2.19. The number of ether oxygens (including phenoxy) is 1. The molecular formula is C13H23ClO2. The molecule has 3 heteroatoms. The molecule has 0 amide bonds. The molecule has 0 spiro atoms. The summed E-state index contributed by atoms with van der Waals surface area (Å²) in [6.07, 6.45) is 10.4. The average molecular weight is 247 g/mol. The van der Waals surface area contributed by atoms with E-state index in [1.54, 1.807) is 0 Å². The van der Waals surface area contributed by atoms with Crippen LogP contribution in [0.5, 0.6) is 0 Å². The predicted octanol–water partition coefficient (Wildman–Crippen LogP) is 4.75. The Hall–Kier alpha value is -0.240. The molecule has 0 radical (unpaired) electrons. The van der Waals surface area contributed by atoms with Crippen molar-refractivity contribution < 1.29 is 9.53 Å². The van der Waals surface area contributed by atoms with Crippen molar-refractivity contribution in [3.8, 4) is 0 Å². The fourth-order valence-corrected chi connectivity index (χ4v) is 2.62. The zero-order chi connectivity index (χ0) is 11.8. The summed E-state index contributed by atoms with van der Waals surface area (Å²) in [7, 11) is 0. The number of carbonyl (C=O) groups excluding carboxylic acids is 1. The molecule has 0 saturated heterocycles. The summed E-state index contributed by atoms with van der Waals surface area (Å²) in [5, 5.41) is 0. The summed E-state index contributed by atoms with van der Waals surface area (Å²) < 4.78 is 4.84. The molecule has 94 valence electrons. The van der Waals surface area contributed by atoms with E-state index in [1.165, 1.54) is 51.4 Å². The van der Waals surface area contributed by atoms with Gasteiger partial charge < -0.3 is 4.74 Å². The van der Waals surface area contributed by atoms with Crippen LogP contribution in [0.4, 0.5) is 4.79 Å². The number of hydrogen-bond donors (Lipinski definition) is 0. The highest BCUT2D eigenvalue weighted by Gasteiger charge is 2.21. The van der Waals surface area contributed by atoms with Gasteiger partial charge >= 0.3 is 5.43 Å². The number of unbranched alkanes of at least 4 members (excludes halogenated alkanes) is 2. The van der Waals surface area contributed by atoms with Crippen molar-refractivity contribution in [1.29, 1.82) is 0 Å². The van der Waals surface area contributed by atoms with Gasteiger partial charge in [-0.25, -0.2) is 4.79 Å². The van der Waals surface area contributed by atoms with E-state index in [2.05, 4.69) is 6.92 Å². The van der Waals surface area contributed by atoms with Gasteiger partial charge in [0.2, 0.25) is 0 Å². The molecule has 0 aromatic carbocycles. The van der Waals surface area contributed by atoms with Gasteiger partial charge in [0.1, 0.15) is 0 Å². The summed E-state index contributed by atoms with van der Waals surface area (Å²) in [4.78, 5) is 10.5. The zero-order valence-corrected chi connectivity index (χ0v) is 11.0. The highest BCUT2D eigenvalue weighted by molar-refractivity contribution is 6.61. The van der Waals surface area contributed by atoms with E-state index in [-0.39, 0.29) is 0 Å². The lowest BCUT2D eigenvalue weighted by molar-refractivity contribution is 0.127. The molecule has 2 nitrogen and oxygen atoms in total. The molecule has 0 aliphatic heterocycles. The van der Waals surface area contributed by atoms with Crippen molar-refractivity contribution in [1.82, 2.24) is 0 Å². The van der Waals surface area contributed by atoms with Crippen LogP contribution < -0.4 is 0 Å². The predicted molar refractivity (Wildman–Crippen MR) is 66.8 cm³/mol. The van der Waals surface area contributed by atoms with Crippen LogP contribution in [0.2, 0.25) is 0 Å². The number of halogens is 1. The van der Waals surface area contributed by atoms with E-state index in [1.807, 2.05) is 0 Å². The van der Waals surface area contributed by atoms with Crippen LogP contribution in [0.3, 0.4) is 0 Å². The van der Waals surface area contributed by atoms with E-state index >= 15 is 0 Å². The molecule has 1 rings (SSSR count). The molecular weight excluding hydrogens is 224 g/mol. The lowest BCUT2D eigenvalue weighted by atomic mass is 9.80. The minimum atomic E-state index is -0.662. The third kappa shape index (κ3) is 5.74. The average Bonchev–Trinajstić information content (AvgIpc) is 2.28. The standard InChI is InChI=1S/C13H23ClO2/c1-2-3-4-5-11-6-8-12(9-7-11)10-16-13(14)15/h11-12H,2-10H2,1H3. The summed E-state index contributed by atoms with van der Waals surface area (Å²) >= 11 is 5.15. The van der Waals surface area contributed by atoms with Crippen LogP contribution in [0.25, 0.3) is 0 Å². The van der Waals surface area contributed by atoms with Crippen LogP contribution in [0, 0.1) is 11.8 Å². The Balaban J connectivity index is 2.06. The third-order valence-corrected chi connectivity index (χ3v) is 3.72.